The fourth-order valence-corrected chi connectivity index (χ4v) is 5.36. The van der Waals surface area contributed by atoms with Crippen molar-refractivity contribution in [3.8, 4) is 5.75 Å². The third-order valence-corrected chi connectivity index (χ3v) is 7.55. The van der Waals surface area contributed by atoms with Gasteiger partial charge in [-0.3, -0.25) is 4.98 Å². The Morgan fingerprint density at radius 3 is 2.60 bits per heavy atom. The summed E-state index contributed by atoms with van der Waals surface area (Å²) in [6.45, 7) is 8.73. The molecule has 0 aliphatic carbocycles. The fourth-order valence-electron chi connectivity index (χ4n) is 4.52. The van der Waals surface area contributed by atoms with Crippen LogP contribution in [0.5, 0.6) is 5.75 Å². The van der Waals surface area contributed by atoms with Gasteiger partial charge in [-0.2, -0.15) is 0 Å². The highest BCUT2D eigenvalue weighted by Gasteiger charge is 2.27. The van der Waals surface area contributed by atoms with Crippen molar-refractivity contribution < 1.29 is 31.1 Å². The standard InChI is InChI=1S/C27H24F3N5O4S/c1-31-27-23(39-18-7-9-38-10-8-18)6-4-16(33-27)12-17-13-20(25-21(32-17)14-22(35-25)26(29)30)34-19-5-3-15(28)11-24(19)40(2,36)37/h3-6,11,13,18,26H,7-10,12,14H2,2H3,(H,32,34). The first kappa shape index (κ1) is 27.5. The first-order valence-electron chi connectivity index (χ1n) is 12.4. The van der Waals surface area contributed by atoms with Crippen LogP contribution in [0.3, 0.4) is 0 Å². The molecule has 1 N–H and O–H groups in total. The molecule has 0 radical (unpaired) electrons. The summed E-state index contributed by atoms with van der Waals surface area (Å²) in [5.74, 6) is -0.277. The van der Waals surface area contributed by atoms with Crippen molar-refractivity contribution in [2.75, 3.05) is 24.8 Å². The molecule has 0 atom stereocenters. The van der Waals surface area contributed by atoms with Crippen LogP contribution in [0.25, 0.3) is 4.85 Å². The number of aromatic nitrogens is 2. The van der Waals surface area contributed by atoms with Crippen LogP contribution >= 0.6 is 0 Å². The second-order valence-electron chi connectivity index (χ2n) is 9.42. The van der Waals surface area contributed by atoms with Crippen molar-refractivity contribution in [3.63, 3.8) is 0 Å². The summed E-state index contributed by atoms with van der Waals surface area (Å²) in [7, 11) is -3.83. The maximum Gasteiger partial charge on any atom is 0.312 e. The number of sulfone groups is 1. The molecule has 9 nitrogen and oxygen atoms in total. The van der Waals surface area contributed by atoms with Crippen molar-refractivity contribution in [2.45, 2.75) is 43.1 Å². The highest BCUT2D eigenvalue weighted by atomic mass is 32.2. The Labute approximate surface area is 228 Å². The minimum Gasteiger partial charge on any atom is -0.499 e. The van der Waals surface area contributed by atoms with E-state index >= 15 is 0 Å². The predicted molar refractivity (Wildman–Crippen MR) is 142 cm³/mol. The van der Waals surface area contributed by atoms with Gasteiger partial charge in [-0.05, 0) is 36.4 Å². The van der Waals surface area contributed by atoms with Crippen LogP contribution in [0.2, 0.25) is 0 Å². The number of aliphatic imine (C=N–C) groups is 1. The Morgan fingerprint density at radius 1 is 1.12 bits per heavy atom. The average Bonchev–Trinajstić information content (AvgIpc) is 3.35. The number of anilines is 2. The normalized spacial score (nSPS) is 15.4. The van der Waals surface area contributed by atoms with Crippen molar-refractivity contribution in [2.24, 2.45) is 4.99 Å². The number of benzene rings is 1. The van der Waals surface area contributed by atoms with Gasteiger partial charge in [0.2, 0.25) is 0 Å². The molecule has 208 valence electrons. The lowest BCUT2D eigenvalue weighted by molar-refractivity contribution is 0.0258. The van der Waals surface area contributed by atoms with E-state index in [0.717, 1.165) is 18.4 Å². The van der Waals surface area contributed by atoms with Gasteiger partial charge >= 0.3 is 5.82 Å². The molecule has 2 aromatic heterocycles. The van der Waals surface area contributed by atoms with Crippen molar-refractivity contribution in [1.82, 2.24) is 9.97 Å². The van der Waals surface area contributed by atoms with Gasteiger partial charge in [0, 0.05) is 25.5 Å². The van der Waals surface area contributed by atoms with Crippen LogP contribution in [-0.2, 0) is 27.4 Å². The fraction of sp³-hybridized carbons (Fsp3) is 0.333. The van der Waals surface area contributed by atoms with Crippen LogP contribution < -0.4 is 10.1 Å². The number of ether oxygens (including phenoxy) is 2. The van der Waals surface area contributed by atoms with Gasteiger partial charge in [0.05, 0.1) is 53.0 Å². The summed E-state index contributed by atoms with van der Waals surface area (Å²) in [6.07, 6.45) is -0.531. The van der Waals surface area contributed by atoms with Gasteiger partial charge in [0.25, 0.3) is 6.43 Å². The molecule has 3 aromatic rings. The number of fused-ring (bicyclic) bond motifs is 1. The Bertz CT molecular complexity index is 1630. The molecule has 13 heteroatoms. The Kier molecular flexibility index (Phi) is 7.73. The molecule has 0 saturated carbocycles. The number of nitrogens with one attached hydrogen (secondary N) is 1. The molecule has 2 aliphatic heterocycles. The zero-order chi connectivity index (χ0) is 28.4. The van der Waals surface area contributed by atoms with Crippen molar-refractivity contribution in [3.05, 3.63) is 70.7 Å². The highest BCUT2D eigenvalue weighted by Crippen LogP contribution is 2.39. The number of halogens is 3. The monoisotopic (exact) mass is 571 g/mol. The maximum atomic E-state index is 13.9. The van der Waals surface area contributed by atoms with Gasteiger partial charge < -0.3 is 19.6 Å². The molecule has 40 heavy (non-hydrogen) atoms. The van der Waals surface area contributed by atoms with Crippen molar-refractivity contribution in [1.29, 1.82) is 0 Å². The maximum absolute atomic E-state index is 13.9. The first-order chi connectivity index (χ1) is 19.1. The summed E-state index contributed by atoms with van der Waals surface area (Å²) < 4.78 is 76.8. The lowest BCUT2D eigenvalue weighted by atomic mass is 10.1. The predicted octanol–water partition coefficient (Wildman–Crippen LogP) is 5.36. The Balaban J connectivity index is 1.48. The average molecular weight is 572 g/mol. The summed E-state index contributed by atoms with van der Waals surface area (Å²) in [5.41, 5.74) is 1.28. The molecule has 0 unspecified atom stereocenters. The van der Waals surface area contributed by atoms with Crippen LogP contribution in [0.1, 0.15) is 29.9 Å². The number of pyridine rings is 2. The quantitative estimate of drug-likeness (QED) is 0.363. The van der Waals surface area contributed by atoms with Gasteiger partial charge in [-0.1, -0.05) is 6.57 Å². The van der Waals surface area contributed by atoms with Gasteiger partial charge in [0.15, 0.2) is 9.84 Å². The number of hydrogen-bond donors (Lipinski definition) is 1. The molecule has 2 aliphatic rings. The number of hydrogen-bond acceptors (Lipinski definition) is 8. The van der Waals surface area contributed by atoms with E-state index in [0.29, 0.717) is 43.2 Å². The minimum atomic E-state index is -3.83. The Morgan fingerprint density at radius 2 is 1.90 bits per heavy atom. The van der Waals surface area contributed by atoms with E-state index in [2.05, 4.69) is 25.1 Å². The van der Waals surface area contributed by atoms with Gasteiger partial charge in [0.1, 0.15) is 29.1 Å². The van der Waals surface area contributed by atoms with E-state index in [1.54, 1.807) is 18.2 Å². The molecule has 4 heterocycles. The zero-order valence-corrected chi connectivity index (χ0v) is 22.1. The molecule has 0 spiro atoms. The van der Waals surface area contributed by atoms with E-state index in [-0.39, 0.29) is 58.1 Å². The molecule has 5 rings (SSSR count). The first-order valence-corrected chi connectivity index (χ1v) is 14.3. The summed E-state index contributed by atoms with van der Waals surface area (Å²) in [6, 6.07) is 8.16. The number of rotatable bonds is 8. The summed E-state index contributed by atoms with van der Waals surface area (Å²) in [5, 5.41) is 2.93. The topological polar surface area (TPSA) is 107 Å². The van der Waals surface area contributed by atoms with Crippen LogP contribution in [0, 0.1) is 12.4 Å². The smallest absolute Gasteiger partial charge is 0.312 e. The minimum absolute atomic E-state index is 0.0620. The highest BCUT2D eigenvalue weighted by molar-refractivity contribution is 7.90. The summed E-state index contributed by atoms with van der Waals surface area (Å²) in [4.78, 5) is 16.2. The lowest BCUT2D eigenvalue weighted by Crippen LogP contribution is -2.25. The zero-order valence-electron chi connectivity index (χ0n) is 21.3. The van der Waals surface area contributed by atoms with E-state index in [1.165, 1.54) is 6.07 Å². The molecular formula is C27H24F3N5O4S. The second-order valence-corrected chi connectivity index (χ2v) is 11.4. The van der Waals surface area contributed by atoms with E-state index in [4.69, 9.17) is 16.0 Å². The molecule has 1 fully saturated rings. The Hall–Kier alpha value is -4.02. The molecule has 1 aromatic carbocycles. The van der Waals surface area contributed by atoms with E-state index in [1.807, 2.05) is 0 Å². The van der Waals surface area contributed by atoms with Gasteiger partial charge in [-0.25, -0.2) is 26.6 Å². The van der Waals surface area contributed by atoms with Crippen LogP contribution in [0.4, 0.5) is 36.1 Å². The van der Waals surface area contributed by atoms with E-state index in [9.17, 15) is 21.6 Å². The summed E-state index contributed by atoms with van der Waals surface area (Å²) >= 11 is 0. The second kappa shape index (κ2) is 11.2. The van der Waals surface area contributed by atoms with Crippen LogP contribution in [0.15, 0.2) is 46.3 Å². The molecule has 0 amide bonds. The third kappa shape index (κ3) is 6.08. The molecule has 1 saturated heterocycles. The van der Waals surface area contributed by atoms with Crippen molar-refractivity contribution >= 4 is 38.4 Å². The molecular weight excluding hydrogens is 547 g/mol. The number of nitrogens with zero attached hydrogens (tertiary/aromatic N) is 4. The van der Waals surface area contributed by atoms with E-state index < -0.39 is 22.1 Å². The van der Waals surface area contributed by atoms with Gasteiger partial charge in [-0.15, -0.1) is 4.98 Å². The number of alkyl halides is 2. The third-order valence-electron chi connectivity index (χ3n) is 6.41. The molecule has 0 bridgehead atoms. The largest absolute Gasteiger partial charge is 0.499 e. The van der Waals surface area contributed by atoms with Crippen LogP contribution in [-0.4, -0.2) is 56.1 Å². The lowest BCUT2D eigenvalue weighted by Gasteiger charge is -2.23. The SMILES string of the molecule is [C-]#[N+]c1nc(Cc2cc(Nc3ccc(F)cc3S(C)(=O)=O)c3c(n2)CC(C(F)F)=N3)ccc1OC1CCOCC1.